The van der Waals surface area contributed by atoms with Crippen LogP contribution in [0.25, 0.3) is 0 Å². The minimum absolute atomic E-state index is 0.117. The first-order valence-electron chi connectivity index (χ1n) is 14.6. The summed E-state index contributed by atoms with van der Waals surface area (Å²) in [6.45, 7) is 15.8. The number of esters is 1. The number of amides is 1. The van der Waals surface area contributed by atoms with Gasteiger partial charge in [0.25, 0.3) is 0 Å². The number of nitrogens with one attached hydrogen (secondary N) is 2. The first kappa shape index (κ1) is 36.7. The highest BCUT2D eigenvalue weighted by Gasteiger charge is 2.45. The predicted octanol–water partition coefficient (Wildman–Crippen LogP) is 1.89. The fourth-order valence-electron chi connectivity index (χ4n) is 5.48. The second kappa shape index (κ2) is 15.8. The van der Waals surface area contributed by atoms with E-state index >= 15 is 0 Å². The van der Waals surface area contributed by atoms with Crippen molar-refractivity contribution in [1.82, 2.24) is 10.6 Å². The molecular formula is C29H56N2O9. The van der Waals surface area contributed by atoms with E-state index in [1.165, 1.54) is 6.92 Å². The Morgan fingerprint density at radius 3 is 2.25 bits per heavy atom. The fourth-order valence-corrected chi connectivity index (χ4v) is 5.48. The lowest BCUT2D eigenvalue weighted by Gasteiger charge is -2.44. The summed E-state index contributed by atoms with van der Waals surface area (Å²) in [6, 6.07) is -0.930. The van der Waals surface area contributed by atoms with Gasteiger partial charge in [0, 0.05) is 19.6 Å². The van der Waals surface area contributed by atoms with Crippen molar-refractivity contribution in [1.29, 1.82) is 0 Å². The average Bonchev–Trinajstić information content (AvgIpc) is 2.90. The van der Waals surface area contributed by atoms with Gasteiger partial charge in [-0.2, -0.15) is 0 Å². The summed E-state index contributed by atoms with van der Waals surface area (Å²) >= 11 is 0. The number of hydrogen-bond acceptors (Lipinski definition) is 10. The number of likely N-dealkylation sites (N-methyl/N-ethyl adjacent to an activating group) is 1. The summed E-state index contributed by atoms with van der Waals surface area (Å²) in [7, 11) is 3.37. The number of hydrogen-bond donors (Lipinski definition) is 5. The number of aliphatic hydroxyl groups is 3. The molecule has 1 aliphatic heterocycles. The molecule has 0 bridgehead atoms. The molecule has 5 N–H and O–H groups in total. The molecule has 0 aliphatic carbocycles. The lowest BCUT2D eigenvalue weighted by atomic mass is 9.84. The molecule has 11 nitrogen and oxygen atoms in total. The van der Waals surface area contributed by atoms with Crippen LogP contribution in [0.5, 0.6) is 0 Å². The third-order valence-corrected chi connectivity index (χ3v) is 8.21. The van der Waals surface area contributed by atoms with E-state index in [4.69, 9.17) is 18.9 Å². The molecule has 1 heterocycles. The van der Waals surface area contributed by atoms with E-state index < -0.39 is 59.8 Å². The molecule has 11 heteroatoms. The van der Waals surface area contributed by atoms with E-state index in [9.17, 15) is 24.9 Å². The summed E-state index contributed by atoms with van der Waals surface area (Å²) in [6.07, 6.45) is -3.25. The smallest absolute Gasteiger partial charge is 0.309 e. The third kappa shape index (κ3) is 9.61. The number of ether oxygens (including phenoxy) is 4. The summed E-state index contributed by atoms with van der Waals surface area (Å²) in [5, 5.41) is 38.5. The van der Waals surface area contributed by atoms with Gasteiger partial charge in [-0.25, -0.2) is 0 Å². The van der Waals surface area contributed by atoms with E-state index in [0.717, 1.165) is 0 Å². The van der Waals surface area contributed by atoms with Crippen molar-refractivity contribution >= 4 is 11.9 Å². The van der Waals surface area contributed by atoms with Crippen molar-refractivity contribution < 1.29 is 43.9 Å². The monoisotopic (exact) mass is 576 g/mol. The molecule has 236 valence electrons. The molecule has 11 unspecified atom stereocenters. The molecule has 1 aliphatic rings. The normalized spacial score (nSPS) is 27.9. The maximum Gasteiger partial charge on any atom is 0.309 e. The lowest BCUT2D eigenvalue weighted by Crippen LogP contribution is -2.59. The van der Waals surface area contributed by atoms with Crippen molar-refractivity contribution in [3.05, 3.63) is 0 Å². The Labute approximate surface area is 240 Å². The van der Waals surface area contributed by atoms with Gasteiger partial charge < -0.3 is 44.9 Å². The largest absolute Gasteiger partial charge is 0.459 e. The van der Waals surface area contributed by atoms with Crippen molar-refractivity contribution in [2.75, 3.05) is 14.2 Å². The number of methoxy groups -OCH3 is 1. The molecule has 0 aromatic rings. The zero-order valence-electron chi connectivity index (χ0n) is 26.4. The molecule has 40 heavy (non-hydrogen) atoms. The first-order chi connectivity index (χ1) is 18.5. The maximum absolute atomic E-state index is 13.2. The summed E-state index contributed by atoms with van der Waals surface area (Å²) < 4.78 is 23.8. The molecule has 0 spiro atoms. The summed E-state index contributed by atoms with van der Waals surface area (Å²) in [5.74, 6) is -1.57. The van der Waals surface area contributed by atoms with E-state index in [1.807, 2.05) is 27.7 Å². The molecule has 1 fully saturated rings. The Morgan fingerprint density at radius 2 is 1.75 bits per heavy atom. The second-order valence-electron chi connectivity index (χ2n) is 12.1. The maximum atomic E-state index is 13.2. The molecule has 11 atom stereocenters. The first-order valence-corrected chi connectivity index (χ1v) is 14.6. The highest BCUT2D eigenvalue weighted by molar-refractivity contribution is 5.75. The number of rotatable bonds is 16. The Morgan fingerprint density at radius 1 is 1.15 bits per heavy atom. The van der Waals surface area contributed by atoms with Crippen LogP contribution in [0.4, 0.5) is 0 Å². The zero-order valence-corrected chi connectivity index (χ0v) is 26.4. The van der Waals surface area contributed by atoms with Crippen LogP contribution in [0.3, 0.4) is 0 Å². The van der Waals surface area contributed by atoms with Gasteiger partial charge in [-0.05, 0) is 66.8 Å². The van der Waals surface area contributed by atoms with Crippen LogP contribution >= 0.6 is 0 Å². The zero-order chi connectivity index (χ0) is 31.0. The van der Waals surface area contributed by atoms with Gasteiger partial charge in [0.1, 0.15) is 23.9 Å². The highest BCUT2D eigenvalue weighted by atomic mass is 16.7. The molecular weight excluding hydrogens is 520 g/mol. The van der Waals surface area contributed by atoms with Crippen molar-refractivity contribution in [2.24, 2.45) is 11.8 Å². The Balaban J connectivity index is 2.99. The Kier molecular flexibility index (Phi) is 14.5. The second-order valence-corrected chi connectivity index (χ2v) is 12.1. The van der Waals surface area contributed by atoms with Crippen molar-refractivity contribution in [3.63, 3.8) is 0 Å². The van der Waals surface area contributed by atoms with Crippen LogP contribution in [0.15, 0.2) is 0 Å². The molecule has 1 saturated heterocycles. The van der Waals surface area contributed by atoms with Gasteiger partial charge in [-0.1, -0.05) is 27.7 Å². The van der Waals surface area contributed by atoms with E-state index in [-0.39, 0.29) is 36.8 Å². The van der Waals surface area contributed by atoms with Gasteiger partial charge in [0.2, 0.25) is 5.91 Å². The molecule has 0 aromatic carbocycles. The minimum atomic E-state index is -1.80. The molecule has 0 radical (unpaired) electrons. The van der Waals surface area contributed by atoms with Crippen LogP contribution in [-0.4, -0.2) is 101 Å². The average molecular weight is 577 g/mol. The third-order valence-electron chi connectivity index (χ3n) is 8.21. The van der Waals surface area contributed by atoms with Crippen molar-refractivity contribution in [2.45, 2.75) is 148 Å². The predicted molar refractivity (Wildman–Crippen MR) is 151 cm³/mol. The van der Waals surface area contributed by atoms with Crippen LogP contribution in [-0.2, 0) is 28.5 Å². The SMILES string of the molecule is CCC(=O)NC(C)C(O)C(C)(O)C(CC)OC(=O)C(C)CC(C)C(OC1OC(C)CC(NC)C1O)C(C)(C)OC. The van der Waals surface area contributed by atoms with Crippen LogP contribution < -0.4 is 10.6 Å². The molecule has 1 amide bonds. The van der Waals surface area contributed by atoms with Crippen LogP contribution in [0.2, 0.25) is 0 Å². The van der Waals surface area contributed by atoms with Crippen LogP contribution in [0, 0.1) is 11.8 Å². The molecule has 0 saturated carbocycles. The highest BCUT2D eigenvalue weighted by Crippen LogP contribution is 2.33. The fraction of sp³-hybridized carbons (Fsp3) is 0.931. The summed E-state index contributed by atoms with van der Waals surface area (Å²) in [4.78, 5) is 25.0. The van der Waals surface area contributed by atoms with Gasteiger partial charge >= 0.3 is 5.97 Å². The topological polar surface area (TPSA) is 156 Å². The Bertz CT molecular complexity index is 793. The van der Waals surface area contributed by atoms with Gasteiger partial charge in [0.05, 0.1) is 29.8 Å². The van der Waals surface area contributed by atoms with Gasteiger partial charge in [0.15, 0.2) is 6.29 Å². The molecule has 1 rings (SSSR count). The van der Waals surface area contributed by atoms with Crippen LogP contribution in [0.1, 0.15) is 88.0 Å². The van der Waals surface area contributed by atoms with E-state index in [2.05, 4.69) is 10.6 Å². The Hall–Kier alpha value is -1.34. The minimum Gasteiger partial charge on any atom is -0.459 e. The van der Waals surface area contributed by atoms with Gasteiger partial charge in [-0.15, -0.1) is 0 Å². The summed E-state index contributed by atoms with van der Waals surface area (Å²) in [5.41, 5.74) is -2.56. The number of carbonyl (C=O) groups excluding carboxylic acids is 2. The lowest BCUT2D eigenvalue weighted by molar-refractivity contribution is -0.289. The standard InChI is InChI=1S/C29H56N2O9/c1-12-21(29(9,36)24(34)19(6)31-22(32)13-2)39-26(35)17(4)14-16(3)25(28(7,8)37-11)40-27-23(33)20(30-10)15-18(5)38-27/h16-21,23-25,27,30,33-34,36H,12-15H2,1-11H3,(H,31,32). The van der Waals surface area contributed by atoms with E-state index in [0.29, 0.717) is 12.8 Å². The number of aliphatic hydroxyl groups excluding tert-OH is 2. The van der Waals surface area contributed by atoms with Crippen molar-refractivity contribution in [3.8, 4) is 0 Å². The van der Waals surface area contributed by atoms with Gasteiger partial charge in [-0.3, -0.25) is 9.59 Å². The quantitative estimate of drug-likeness (QED) is 0.172. The molecule has 0 aromatic heterocycles. The number of carbonyl (C=O) groups is 2. The van der Waals surface area contributed by atoms with E-state index in [1.54, 1.807) is 41.9 Å².